The Morgan fingerprint density at radius 1 is 0.968 bits per heavy atom. The van der Waals surface area contributed by atoms with Crippen molar-refractivity contribution in [2.45, 2.75) is 32.2 Å². The van der Waals surface area contributed by atoms with Crippen LogP contribution in [0.3, 0.4) is 0 Å². The predicted molar refractivity (Wildman–Crippen MR) is 117 cm³/mol. The number of nitriles is 1. The van der Waals surface area contributed by atoms with E-state index in [9.17, 15) is 4.79 Å². The Balaban J connectivity index is 1.28. The van der Waals surface area contributed by atoms with E-state index in [0.717, 1.165) is 67.7 Å². The molecule has 4 heterocycles. The van der Waals surface area contributed by atoms with Crippen molar-refractivity contribution < 1.29 is 4.79 Å². The van der Waals surface area contributed by atoms with Crippen LogP contribution >= 0.6 is 0 Å². The number of carbonyl (C=O) groups is 1. The van der Waals surface area contributed by atoms with Gasteiger partial charge in [0.1, 0.15) is 17.6 Å². The van der Waals surface area contributed by atoms with E-state index in [-0.39, 0.29) is 11.3 Å². The van der Waals surface area contributed by atoms with E-state index >= 15 is 0 Å². The number of likely N-dealkylation sites (tertiary alicyclic amines) is 1. The highest BCUT2D eigenvalue weighted by Gasteiger charge is 2.45. The quantitative estimate of drug-likeness (QED) is 0.656. The molecular formula is C24H24N6O. The third kappa shape index (κ3) is 3.70. The lowest BCUT2D eigenvalue weighted by Gasteiger charge is -2.46. The molecule has 0 N–H and O–H groups in total. The minimum atomic E-state index is -0.279. The van der Waals surface area contributed by atoms with Crippen molar-refractivity contribution in [2.24, 2.45) is 5.41 Å². The van der Waals surface area contributed by atoms with Crippen molar-refractivity contribution in [3.63, 3.8) is 0 Å². The van der Waals surface area contributed by atoms with E-state index in [1.54, 1.807) is 12.3 Å². The Hall–Kier alpha value is -3.53. The van der Waals surface area contributed by atoms with Crippen LogP contribution in [0, 0.1) is 16.7 Å². The maximum Gasteiger partial charge on any atom is 0.229 e. The van der Waals surface area contributed by atoms with Crippen LogP contribution in [0.25, 0.3) is 11.0 Å². The highest BCUT2D eigenvalue weighted by molar-refractivity contribution is 5.84. The Morgan fingerprint density at radius 2 is 1.77 bits per heavy atom. The zero-order valence-electron chi connectivity index (χ0n) is 17.4. The first kappa shape index (κ1) is 19.4. The van der Waals surface area contributed by atoms with Crippen LogP contribution < -0.4 is 4.90 Å². The number of fused-ring (bicyclic) bond motifs is 1. The number of amides is 1. The second kappa shape index (κ2) is 7.95. The summed E-state index contributed by atoms with van der Waals surface area (Å²) < 4.78 is 0. The molecule has 1 amide bonds. The highest BCUT2D eigenvalue weighted by Crippen LogP contribution is 2.42. The number of piperidine rings is 2. The SMILES string of the molecule is N#Cc1ccc(CN2CCCC3(CCN(c4cnc5ccccc5n4)CC3)C2=O)cn1. The Labute approximate surface area is 181 Å². The van der Waals surface area contributed by atoms with Crippen molar-refractivity contribution in [3.8, 4) is 6.07 Å². The maximum absolute atomic E-state index is 13.5. The van der Waals surface area contributed by atoms with E-state index < -0.39 is 0 Å². The second-order valence-electron chi connectivity index (χ2n) is 8.48. The first-order chi connectivity index (χ1) is 15.2. The fourth-order valence-electron chi connectivity index (χ4n) is 4.84. The van der Waals surface area contributed by atoms with Gasteiger partial charge in [0.25, 0.3) is 0 Å². The van der Waals surface area contributed by atoms with Gasteiger partial charge in [0.05, 0.1) is 22.6 Å². The monoisotopic (exact) mass is 412 g/mol. The fourth-order valence-corrected chi connectivity index (χ4v) is 4.84. The molecule has 2 aliphatic heterocycles. The number of anilines is 1. The van der Waals surface area contributed by atoms with Gasteiger partial charge in [0.15, 0.2) is 0 Å². The van der Waals surface area contributed by atoms with Gasteiger partial charge in [-0.3, -0.25) is 9.78 Å². The van der Waals surface area contributed by atoms with Crippen molar-refractivity contribution in [1.82, 2.24) is 19.9 Å². The fraction of sp³-hybridized carbons (Fsp3) is 0.375. The maximum atomic E-state index is 13.5. The average molecular weight is 412 g/mol. The van der Waals surface area contributed by atoms with E-state index in [4.69, 9.17) is 10.2 Å². The molecule has 0 radical (unpaired) electrons. The molecule has 0 bridgehead atoms. The van der Waals surface area contributed by atoms with Crippen LogP contribution in [0.1, 0.15) is 36.9 Å². The normalized spacial score (nSPS) is 18.4. The summed E-state index contributed by atoms with van der Waals surface area (Å²) in [5.74, 6) is 1.14. The third-order valence-corrected chi connectivity index (χ3v) is 6.62. The van der Waals surface area contributed by atoms with E-state index in [2.05, 4.69) is 14.9 Å². The van der Waals surface area contributed by atoms with Crippen molar-refractivity contribution in [1.29, 1.82) is 5.26 Å². The van der Waals surface area contributed by atoms with Gasteiger partial charge in [-0.05, 0) is 49.4 Å². The molecule has 3 aromatic rings. The highest BCUT2D eigenvalue weighted by atomic mass is 16.2. The number of nitrogens with zero attached hydrogens (tertiary/aromatic N) is 6. The summed E-state index contributed by atoms with van der Waals surface area (Å²) >= 11 is 0. The minimum Gasteiger partial charge on any atom is -0.355 e. The summed E-state index contributed by atoms with van der Waals surface area (Å²) in [6.45, 7) is 2.95. The summed E-state index contributed by atoms with van der Waals surface area (Å²) in [4.78, 5) is 31.1. The van der Waals surface area contributed by atoms with Crippen molar-refractivity contribution in [2.75, 3.05) is 24.5 Å². The number of benzene rings is 1. The molecule has 0 unspecified atom stereocenters. The molecular weight excluding hydrogens is 388 g/mol. The molecule has 2 aromatic heterocycles. The van der Waals surface area contributed by atoms with E-state index in [1.165, 1.54) is 0 Å². The van der Waals surface area contributed by atoms with Crippen molar-refractivity contribution >= 4 is 22.8 Å². The van der Waals surface area contributed by atoms with Crippen LogP contribution in [-0.2, 0) is 11.3 Å². The summed E-state index contributed by atoms with van der Waals surface area (Å²) in [6, 6.07) is 13.5. The van der Waals surface area contributed by atoms with Gasteiger partial charge in [0, 0.05) is 32.4 Å². The molecule has 156 valence electrons. The van der Waals surface area contributed by atoms with Gasteiger partial charge in [-0.15, -0.1) is 0 Å². The number of pyridine rings is 1. The molecule has 2 aliphatic rings. The molecule has 0 aliphatic carbocycles. The number of hydrogen-bond donors (Lipinski definition) is 0. The first-order valence-electron chi connectivity index (χ1n) is 10.8. The second-order valence-corrected chi connectivity index (χ2v) is 8.48. The molecule has 31 heavy (non-hydrogen) atoms. The zero-order valence-corrected chi connectivity index (χ0v) is 17.4. The van der Waals surface area contributed by atoms with E-state index in [1.807, 2.05) is 47.5 Å². The molecule has 7 heteroatoms. The number of rotatable bonds is 3. The van der Waals surface area contributed by atoms with Crippen molar-refractivity contribution in [3.05, 3.63) is 60.0 Å². The Kier molecular flexibility index (Phi) is 4.99. The Morgan fingerprint density at radius 3 is 2.52 bits per heavy atom. The molecule has 0 saturated carbocycles. The summed E-state index contributed by atoms with van der Waals surface area (Å²) in [5.41, 5.74) is 2.88. The largest absolute Gasteiger partial charge is 0.355 e. The Bertz CT molecular complexity index is 1140. The lowest BCUT2D eigenvalue weighted by atomic mass is 9.71. The third-order valence-electron chi connectivity index (χ3n) is 6.62. The topological polar surface area (TPSA) is 86.0 Å². The number of carbonyl (C=O) groups excluding carboxylic acids is 1. The molecule has 1 aromatic carbocycles. The standard InChI is InChI=1S/C24H24N6O/c25-14-19-7-6-18(15-26-19)17-30-11-3-8-24(23(30)31)9-12-29(13-10-24)22-16-27-20-4-1-2-5-21(20)28-22/h1-2,4-7,15-16H,3,8-13,17H2. The molecule has 0 atom stereocenters. The molecule has 7 nitrogen and oxygen atoms in total. The van der Waals surface area contributed by atoms with Gasteiger partial charge < -0.3 is 9.80 Å². The lowest BCUT2D eigenvalue weighted by Crippen LogP contribution is -2.53. The first-order valence-corrected chi connectivity index (χ1v) is 10.8. The molecule has 2 fully saturated rings. The minimum absolute atomic E-state index is 0.257. The summed E-state index contributed by atoms with van der Waals surface area (Å²) in [6.07, 6.45) is 7.18. The van der Waals surface area contributed by atoms with Crippen LogP contribution in [-0.4, -0.2) is 45.4 Å². The summed E-state index contributed by atoms with van der Waals surface area (Å²) in [5, 5.41) is 8.92. The average Bonchev–Trinajstić information content (AvgIpc) is 2.83. The van der Waals surface area contributed by atoms with Gasteiger partial charge in [0.2, 0.25) is 5.91 Å². The number of aromatic nitrogens is 3. The van der Waals surface area contributed by atoms with Gasteiger partial charge >= 0.3 is 0 Å². The van der Waals surface area contributed by atoms with E-state index in [0.29, 0.717) is 12.2 Å². The van der Waals surface area contributed by atoms with Crippen LogP contribution in [0.5, 0.6) is 0 Å². The molecule has 2 saturated heterocycles. The number of para-hydroxylation sites is 2. The van der Waals surface area contributed by atoms with Gasteiger partial charge in [-0.25, -0.2) is 9.97 Å². The predicted octanol–water partition coefficient (Wildman–Crippen LogP) is 3.31. The molecule has 1 spiro atoms. The van der Waals surface area contributed by atoms with Gasteiger partial charge in [-0.2, -0.15) is 5.26 Å². The van der Waals surface area contributed by atoms with Gasteiger partial charge in [-0.1, -0.05) is 18.2 Å². The van der Waals surface area contributed by atoms with Crippen LogP contribution in [0.2, 0.25) is 0 Å². The van der Waals surface area contributed by atoms with Crippen LogP contribution in [0.4, 0.5) is 5.82 Å². The lowest BCUT2D eigenvalue weighted by molar-refractivity contribution is -0.148. The van der Waals surface area contributed by atoms with Crippen LogP contribution in [0.15, 0.2) is 48.8 Å². The molecule has 5 rings (SSSR count). The number of hydrogen-bond acceptors (Lipinski definition) is 6. The summed E-state index contributed by atoms with van der Waals surface area (Å²) in [7, 11) is 0. The smallest absolute Gasteiger partial charge is 0.229 e. The zero-order chi connectivity index (χ0) is 21.3.